The molecular weight excluding hydrogens is 551 g/mol. The maximum absolute atomic E-state index is 13.9. The largest absolute Gasteiger partial charge is 0.481 e. The van der Waals surface area contributed by atoms with Crippen LogP contribution in [0.25, 0.3) is 11.1 Å². The monoisotopic (exact) mass is 586 g/mol. The van der Waals surface area contributed by atoms with Crippen LogP contribution < -0.4 is 10.6 Å². The molecule has 0 aliphatic carbocycles. The Kier molecular flexibility index (Phi) is 11.6. The Balaban J connectivity index is 1.48. The van der Waals surface area contributed by atoms with E-state index in [0.717, 1.165) is 27.8 Å². The van der Waals surface area contributed by atoms with Gasteiger partial charge in [-0.3, -0.25) is 19.5 Å². The van der Waals surface area contributed by atoms with Gasteiger partial charge in [0.1, 0.15) is 0 Å². The lowest BCUT2D eigenvalue weighted by molar-refractivity contribution is -0.137. The minimum absolute atomic E-state index is 0.0219. The van der Waals surface area contributed by atoms with Gasteiger partial charge in [0.15, 0.2) is 0 Å². The van der Waals surface area contributed by atoms with Crippen molar-refractivity contribution in [3.8, 4) is 11.1 Å². The zero-order valence-corrected chi connectivity index (χ0v) is 24.1. The summed E-state index contributed by atoms with van der Waals surface area (Å²) in [6.07, 6.45) is -0.139. The van der Waals surface area contributed by atoms with Gasteiger partial charge in [-0.1, -0.05) is 115 Å². The van der Waals surface area contributed by atoms with Crippen molar-refractivity contribution in [3.63, 3.8) is 0 Å². The van der Waals surface area contributed by atoms with Crippen molar-refractivity contribution in [2.75, 3.05) is 12.8 Å². The van der Waals surface area contributed by atoms with Crippen molar-refractivity contribution >= 4 is 19.5 Å². The third kappa shape index (κ3) is 10.1. The van der Waals surface area contributed by atoms with Crippen LogP contribution in [0.1, 0.15) is 23.1 Å². The third-order valence-corrected chi connectivity index (χ3v) is 8.14. The SMILES string of the molecule is O=C(O)CCNC(=O)[C@H](Cc1ccc(-c2ccccc2)cc1)NCP(=O)(OCc1ccccc1)OCc1ccccc1. The second-order valence-electron chi connectivity index (χ2n) is 9.75. The number of hydrogen-bond acceptors (Lipinski definition) is 6. The number of nitrogens with one attached hydrogen (secondary N) is 2. The number of carbonyl (C=O) groups excluding carboxylic acids is 1. The van der Waals surface area contributed by atoms with E-state index in [1.807, 2.05) is 115 Å². The van der Waals surface area contributed by atoms with Crippen molar-refractivity contribution in [2.45, 2.75) is 32.1 Å². The lowest BCUT2D eigenvalue weighted by Crippen LogP contribution is -2.46. The normalized spacial score (nSPS) is 12.0. The molecule has 4 rings (SSSR count). The molecule has 4 aromatic rings. The quantitative estimate of drug-likeness (QED) is 0.137. The smallest absolute Gasteiger partial charge is 0.344 e. The maximum Gasteiger partial charge on any atom is 0.344 e. The van der Waals surface area contributed by atoms with Crippen LogP contribution in [0.5, 0.6) is 0 Å². The van der Waals surface area contributed by atoms with Crippen LogP contribution in [0.3, 0.4) is 0 Å². The molecule has 0 aromatic heterocycles. The van der Waals surface area contributed by atoms with Crippen LogP contribution in [-0.2, 0) is 42.8 Å². The molecule has 0 unspecified atom stereocenters. The molecule has 8 nitrogen and oxygen atoms in total. The summed E-state index contributed by atoms with van der Waals surface area (Å²) >= 11 is 0. The van der Waals surface area contributed by atoms with Crippen LogP contribution in [-0.4, -0.2) is 35.9 Å². The molecule has 0 radical (unpaired) electrons. The summed E-state index contributed by atoms with van der Waals surface area (Å²) in [5, 5.41) is 14.8. The Morgan fingerprint density at radius 2 is 1.19 bits per heavy atom. The van der Waals surface area contributed by atoms with Gasteiger partial charge in [0, 0.05) is 6.54 Å². The van der Waals surface area contributed by atoms with Crippen molar-refractivity contribution in [2.24, 2.45) is 0 Å². The van der Waals surface area contributed by atoms with E-state index in [1.165, 1.54) is 0 Å². The first-order chi connectivity index (χ1) is 20.4. The van der Waals surface area contributed by atoms with Crippen molar-refractivity contribution in [3.05, 3.63) is 132 Å². The van der Waals surface area contributed by atoms with E-state index in [2.05, 4.69) is 10.6 Å². The van der Waals surface area contributed by atoms with Gasteiger partial charge in [0.25, 0.3) is 0 Å². The van der Waals surface area contributed by atoms with E-state index in [9.17, 15) is 14.2 Å². The topological polar surface area (TPSA) is 114 Å². The number of hydrogen-bond donors (Lipinski definition) is 3. The summed E-state index contributed by atoms with van der Waals surface area (Å²) in [5.74, 6) is -1.41. The van der Waals surface area contributed by atoms with Crippen molar-refractivity contribution in [1.82, 2.24) is 10.6 Å². The molecule has 1 atom stereocenters. The number of carboxylic acids is 1. The Hall–Kier alpha value is -4.07. The van der Waals surface area contributed by atoms with Gasteiger partial charge in [0.2, 0.25) is 5.91 Å². The van der Waals surface area contributed by atoms with Gasteiger partial charge >= 0.3 is 13.6 Å². The van der Waals surface area contributed by atoms with Gasteiger partial charge < -0.3 is 19.5 Å². The molecule has 0 saturated heterocycles. The first-order valence-corrected chi connectivity index (χ1v) is 15.5. The highest BCUT2D eigenvalue weighted by molar-refractivity contribution is 7.53. The molecule has 0 spiro atoms. The Bertz CT molecular complexity index is 1400. The highest BCUT2D eigenvalue weighted by Gasteiger charge is 2.29. The molecule has 3 N–H and O–H groups in total. The van der Waals surface area contributed by atoms with E-state index in [0.29, 0.717) is 0 Å². The molecule has 4 aromatic carbocycles. The summed E-state index contributed by atoms with van der Waals surface area (Å²) in [4.78, 5) is 24.1. The number of carbonyl (C=O) groups is 2. The first kappa shape index (κ1) is 30.9. The zero-order chi connectivity index (χ0) is 29.6. The second kappa shape index (κ2) is 15.8. The summed E-state index contributed by atoms with van der Waals surface area (Å²) in [5.41, 5.74) is 4.68. The molecule has 0 bridgehead atoms. The van der Waals surface area contributed by atoms with E-state index in [4.69, 9.17) is 14.2 Å². The fraction of sp³-hybridized carbons (Fsp3) is 0.212. The van der Waals surface area contributed by atoms with Crippen molar-refractivity contribution < 1.29 is 28.3 Å². The standard InChI is InChI=1S/C33H35N2O6P/c36-32(37)20-21-34-33(38)31(22-26-16-18-30(19-17-26)29-14-8-3-9-15-29)35-25-42(39,40-23-27-10-4-1-5-11-27)41-24-28-12-6-2-7-13-28/h1-19,31,35H,20-25H2,(H,34,38)(H,36,37)/t31-/m0/s1. The molecule has 0 aliphatic heterocycles. The number of carboxylic acid groups (broad SMARTS) is 1. The number of benzene rings is 4. The van der Waals surface area contributed by atoms with Crippen LogP contribution in [0.4, 0.5) is 0 Å². The molecule has 1 amide bonds. The Labute approximate surface area is 246 Å². The molecule has 218 valence electrons. The average Bonchev–Trinajstić information content (AvgIpc) is 3.03. The van der Waals surface area contributed by atoms with Crippen molar-refractivity contribution in [1.29, 1.82) is 0 Å². The maximum atomic E-state index is 13.9. The highest BCUT2D eigenvalue weighted by atomic mass is 31.2. The fourth-order valence-corrected chi connectivity index (χ4v) is 5.61. The summed E-state index contributed by atoms with van der Waals surface area (Å²) < 4.78 is 25.6. The molecule has 0 fully saturated rings. The number of rotatable bonds is 16. The van der Waals surface area contributed by atoms with E-state index in [1.54, 1.807) is 0 Å². The molecule has 0 saturated carbocycles. The fourth-order valence-electron chi connectivity index (χ4n) is 4.22. The van der Waals surface area contributed by atoms with Gasteiger partial charge in [-0.15, -0.1) is 0 Å². The van der Waals surface area contributed by atoms with Gasteiger partial charge in [0.05, 0.1) is 32.0 Å². The molecule has 42 heavy (non-hydrogen) atoms. The van der Waals surface area contributed by atoms with E-state index < -0.39 is 25.5 Å². The summed E-state index contributed by atoms with van der Waals surface area (Å²) in [7, 11) is -3.72. The van der Waals surface area contributed by atoms with Crippen LogP contribution in [0.15, 0.2) is 115 Å². The molecule has 9 heteroatoms. The predicted molar refractivity (Wildman–Crippen MR) is 163 cm³/mol. The number of aliphatic carboxylic acids is 1. The minimum Gasteiger partial charge on any atom is -0.481 e. The minimum atomic E-state index is -3.72. The molecular formula is C33H35N2O6P. The third-order valence-electron chi connectivity index (χ3n) is 6.53. The molecule has 0 heterocycles. The van der Waals surface area contributed by atoms with Crippen LogP contribution in [0.2, 0.25) is 0 Å². The van der Waals surface area contributed by atoms with Crippen LogP contribution in [0, 0.1) is 0 Å². The van der Waals surface area contributed by atoms with Gasteiger partial charge in [-0.25, -0.2) is 0 Å². The predicted octanol–water partition coefficient (Wildman–Crippen LogP) is 6.03. The van der Waals surface area contributed by atoms with Gasteiger partial charge in [-0.2, -0.15) is 0 Å². The van der Waals surface area contributed by atoms with Crippen LogP contribution >= 0.6 is 7.60 Å². The lowest BCUT2D eigenvalue weighted by atomic mass is 10.0. The average molecular weight is 587 g/mol. The van der Waals surface area contributed by atoms with E-state index in [-0.39, 0.29) is 38.9 Å². The Morgan fingerprint density at radius 3 is 1.71 bits per heavy atom. The summed E-state index contributed by atoms with van der Waals surface area (Å²) in [6, 6.07) is 35.7. The first-order valence-electron chi connectivity index (χ1n) is 13.7. The highest BCUT2D eigenvalue weighted by Crippen LogP contribution is 2.48. The summed E-state index contributed by atoms with van der Waals surface area (Å²) in [6.45, 7) is 0.127. The Morgan fingerprint density at radius 1 is 0.690 bits per heavy atom. The lowest BCUT2D eigenvalue weighted by Gasteiger charge is -2.23. The zero-order valence-electron chi connectivity index (χ0n) is 23.2. The second-order valence-corrected chi connectivity index (χ2v) is 11.8. The number of amides is 1. The van der Waals surface area contributed by atoms with Gasteiger partial charge in [-0.05, 0) is 34.2 Å². The van der Waals surface area contributed by atoms with E-state index >= 15 is 0 Å². The molecule has 0 aliphatic rings.